The van der Waals surface area contributed by atoms with Crippen LogP contribution in [0.3, 0.4) is 0 Å². The van der Waals surface area contributed by atoms with Gasteiger partial charge in [0.05, 0.1) is 46.3 Å². The fourth-order valence-corrected chi connectivity index (χ4v) is 9.26. The Morgan fingerprint density at radius 1 is 0.530 bits per heavy atom. The van der Waals surface area contributed by atoms with E-state index in [1.807, 2.05) is 30.3 Å². The van der Waals surface area contributed by atoms with Crippen LogP contribution in [0.1, 0.15) is 55.4 Å². The zero-order valence-corrected chi connectivity index (χ0v) is 63.2. The van der Waals surface area contributed by atoms with Crippen LogP contribution in [0.2, 0.25) is 69.5 Å². The highest BCUT2D eigenvalue weighted by molar-refractivity contribution is 9.10. The molecular weight excluding hydrogens is 1500 g/mol. The number of methoxy groups -OCH3 is 4. The van der Waals surface area contributed by atoms with Crippen LogP contribution in [0.25, 0.3) is 32.7 Å². The standard InChI is InChI=1S/C11H11ClN2Si.C10H13ClN2O3.C10H11ClN2O2.C9H4ClN3.C9H5N3O.C8H5ClN2O.C6H2BrClN2.C5H10Si/c1-15(2,3)5-4-9-6-10(12)8-14-11(9)7-13;1-15-8(16-2)4-6-3-7(11)5-13-9(6)10(12)14;1-14-10(15-2)4-7-3-8(11)6-13-9(7)5-12;10-9-8-7(1-2-12-9)3-6(4-11)5-13-8;10-4-6-3-7-1-2-11-9(13)8(7)12-5-6;9-6-3-5-1-2-10-8(12)7(5)11-4-6;7-5-1-4(8)3-10-6(5)2-9;1-5-6(2,3)4/h6,8H,1-3H3;3,5,8H,4H2,1-2H3,(H2,12,14);3,6,10H,4H2,1-2H3;1-3,5H;1-3,5H,(H,11,13);1-4H,(H,10,12);1,3H;1H,2-4H3. The number of fused-ring (bicyclic) bond motifs is 3. The molecule has 10 rings (SSSR count). The predicted octanol–water partition coefficient (Wildman–Crippen LogP) is 14.0. The fraction of sp³-hybridized carbons (Fsp3) is 0.206. The molecule has 0 saturated carbocycles. The molecule has 0 radical (unpaired) electrons. The summed E-state index contributed by atoms with van der Waals surface area (Å²) in [5.41, 5.74) is 16.2. The van der Waals surface area contributed by atoms with E-state index in [0.717, 1.165) is 16.3 Å². The van der Waals surface area contributed by atoms with E-state index < -0.39 is 34.6 Å². The van der Waals surface area contributed by atoms with Crippen molar-refractivity contribution in [1.82, 2.24) is 49.8 Å². The summed E-state index contributed by atoms with van der Waals surface area (Å²) in [5.74, 6) is 2.39. The first kappa shape index (κ1) is 84.6. The number of aromatic nitrogens is 10. The number of primary amides is 1. The summed E-state index contributed by atoms with van der Waals surface area (Å²) in [5, 5.41) is 48.4. The van der Waals surface area contributed by atoms with Crippen molar-refractivity contribution in [2.24, 2.45) is 5.73 Å². The number of nitrogens with one attached hydrogen (secondary N) is 2. The maximum Gasteiger partial charge on any atom is 0.274 e. The Hall–Kier alpha value is -9.59. The van der Waals surface area contributed by atoms with Crippen molar-refractivity contribution < 1.29 is 23.7 Å². The number of ether oxygens (including phenoxy) is 4. The Bertz CT molecular complexity index is 4930. The highest BCUT2D eigenvalue weighted by Crippen LogP contribution is 2.22. The number of aromatic amines is 2. The quantitative estimate of drug-likeness (QED) is 0.0523. The molecule has 100 heavy (non-hydrogen) atoms. The molecule has 0 bridgehead atoms. The number of H-pyrrole nitrogens is 2. The Labute approximate surface area is 617 Å². The van der Waals surface area contributed by atoms with Crippen LogP contribution >= 0.6 is 85.5 Å². The number of nitriles is 5. The molecular formula is C68H61BrCl6N16O7Si2. The first-order chi connectivity index (χ1) is 47.4. The zero-order valence-electron chi connectivity index (χ0n) is 55.1. The molecule has 10 aromatic heterocycles. The largest absolute Gasteiger partial charge is 0.364 e. The molecule has 10 aromatic rings. The summed E-state index contributed by atoms with van der Waals surface area (Å²) < 4.78 is 20.8. The van der Waals surface area contributed by atoms with Crippen molar-refractivity contribution >= 4 is 140 Å². The molecule has 512 valence electrons. The number of halogens is 7. The van der Waals surface area contributed by atoms with Crippen molar-refractivity contribution in [3.05, 3.63) is 229 Å². The molecule has 0 atom stereocenters. The maximum absolute atomic E-state index is 11.2. The topological polar surface area (TPSA) is 368 Å². The Morgan fingerprint density at radius 3 is 1.41 bits per heavy atom. The summed E-state index contributed by atoms with van der Waals surface area (Å²) in [4.78, 5) is 69.7. The molecule has 0 aliphatic rings. The Morgan fingerprint density at radius 2 is 0.940 bits per heavy atom. The number of nitrogens with two attached hydrogens (primary N) is 1. The van der Waals surface area contributed by atoms with Gasteiger partial charge in [0.1, 0.15) is 74.4 Å². The van der Waals surface area contributed by atoms with Crippen LogP contribution in [0.4, 0.5) is 0 Å². The van der Waals surface area contributed by atoms with E-state index in [4.69, 9.17) is 127 Å². The third-order valence-electron chi connectivity index (χ3n) is 11.9. The average Bonchev–Trinajstić information content (AvgIpc) is 0.835. The van der Waals surface area contributed by atoms with Gasteiger partial charge in [0.2, 0.25) is 0 Å². The maximum atomic E-state index is 11.2. The average molecular weight is 1560 g/mol. The van der Waals surface area contributed by atoms with Crippen molar-refractivity contribution in [3.8, 4) is 53.8 Å². The molecule has 0 fully saturated rings. The second-order valence-corrected chi connectivity index (χ2v) is 34.6. The predicted molar refractivity (Wildman–Crippen MR) is 396 cm³/mol. The zero-order chi connectivity index (χ0) is 74.7. The van der Waals surface area contributed by atoms with E-state index in [1.54, 1.807) is 73.1 Å². The number of hydrogen-bond acceptors (Lipinski definition) is 20. The molecule has 1 amide bonds. The van der Waals surface area contributed by atoms with E-state index in [2.05, 4.69) is 122 Å². The van der Waals surface area contributed by atoms with Crippen LogP contribution in [0.15, 0.2) is 137 Å². The minimum absolute atomic E-state index is 0.184. The van der Waals surface area contributed by atoms with Crippen molar-refractivity contribution in [3.63, 3.8) is 0 Å². The Balaban J connectivity index is 0.000000300. The van der Waals surface area contributed by atoms with Crippen molar-refractivity contribution in [2.45, 2.75) is 64.7 Å². The van der Waals surface area contributed by atoms with Crippen LogP contribution < -0.4 is 16.9 Å². The van der Waals surface area contributed by atoms with Gasteiger partial charge in [-0.15, -0.1) is 17.5 Å². The molecule has 10 heterocycles. The van der Waals surface area contributed by atoms with Gasteiger partial charge in [0, 0.05) is 119 Å². The Kier molecular flexibility index (Phi) is 36.4. The monoisotopic (exact) mass is 1560 g/mol. The van der Waals surface area contributed by atoms with Gasteiger partial charge in [-0.1, -0.05) is 115 Å². The van der Waals surface area contributed by atoms with Gasteiger partial charge in [0.25, 0.3) is 17.0 Å². The molecule has 4 N–H and O–H groups in total. The highest BCUT2D eigenvalue weighted by atomic mass is 79.9. The van der Waals surface area contributed by atoms with Gasteiger partial charge in [-0.3, -0.25) is 19.4 Å². The second-order valence-electron chi connectivity index (χ2n) is 21.6. The molecule has 32 heteroatoms. The molecule has 0 unspecified atom stereocenters. The number of hydrogen-bond donors (Lipinski definition) is 3. The summed E-state index contributed by atoms with van der Waals surface area (Å²) in [7, 11) is 3.56. The summed E-state index contributed by atoms with van der Waals surface area (Å²) in [6, 6.07) is 26.8. The van der Waals surface area contributed by atoms with E-state index in [0.29, 0.717) is 109 Å². The second kappa shape index (κ2) is 43.1. The number of terminal acetylenes is 1. The summed E-state index contributed by atoms with van der Waals surface area (Å²) >= 11 is 37.6. The minimum Gasteiger partial charge on any atom is -0.364 e. The van der Waals surface area contributed by atoms with Gasteiger partial charge in [-0.25, -0.2) is 34.9 Å². The number of rotatable bonds is 9. The summed E-state index contributed by atoms with van der Waals surface area (Å²) in [6.45, 7) is 12.9. The molecule has 0 aromatic carbocycles. The third kappa shape index (κ3) is 29.9. The normalized spacial score (nSPS) is 10.1. The molecule has 0 aliphatic heterocycles. The molecule has 0 aliphatic carbocycles. The first-order valence-corrected chi connectivity index (χ1v) is 38.7. The lowest BCUT2D eigenvalue weighted by Crippen LogP contribution is -2.21. The van der Waals surface area contributed by atoms with Gasteiger partial charge in [0.15, 0.2) is 29.1 Å². The fourth-order valence-electron chi connectivity index (χ4n) is 7.13. The van der Waals surface area contributed by atoms with Crippen LogP contribution in [0.5, 0.6) is 0 Å². The lowest BCUT2D eigenvalue weighted by molar-refractivity contribution is -0.100. The third-order valence-corrected chi connectivity index (χ3v) is 15.6. The van der Waals surface area contributed by atoms with Gasteiger partial charge in [-0.2, -0.15) is 26.3 Å². The number of carbonyl (C=O) groups excluding carboxylic acids is 1. The first-order valence-electron chi connectivity index (χ1n) is 28.6. The number of pyridine rings is 10. The minimum atomic E-state index is -1.43. The lowest BCUT2D eigenvalue weighted by atomic mass is 10.1. The van der Waals surface area contributed by atoms with E-state index in [-0.39, 0.29) is 16.8 Å². The van der Waals surface area contributed by atoms with Crippen LogP contribution in [-0.4, -0.2) is 113 Å². The van der Waals surface area contributed by atoms with Gasteiger partial charge < -0.3 is 34.6 Å². The molecule has 0 saturated heterocycles. The van der Waals surface area contributed by atoms with E-state index >= 15 is 0 Å². The molecule has 0 spiro atoms. The van der Waals surface area contributed by atoms with Crippen molar-refractivity contribution in [2.75, 3.05) is 28.4 Å². The van der Waals surface area contributed by atoms with Crippen molar-refractivity contribution in [1.29, 1.82) is 26.3 Å². The van der Waals surface area contributed by atoms with E-state index in [1.165, 1.54) is 78.0 Å². The molecule has 23 nitrogen and oxygen atoms in total. The number of nitrogens with zero attached hydrogens (tertiary/aromatic N) is 13. The van der Waals surface area contributed by atoms with Crippen LogP contribution in [-0.2, 0) is 31.8 Å². The summed E-state index contributed by atoms with van der Waals surface area (Å²) in [6.07, 6.45) is 19.8. The highest BCUT2D eigenvalue weighted by Gasteiger charge is 2.17. The van der Waals surface area contributed by atoms with E-state index in [9.17, 15) is 14.4 Å². The van der Waals surface area contributed by atoms with Crippen LogP contribution in [0, 0.1) is 80.1 Å². The lowest BCUT2D eigenvalue weighted by Gasteiger charge is -2.14. The number of amides is 1. The SMILES string of the molecule is C#C[Si](C)(C)C.COC(Cc1cc(Cl)cnc1C#N)OC.COC(Cc1cc(Cl)cnc1C(N)=O)OC.C[Si](C)(C)C#Cc1cc(Cl)cnc1C#N.N#Cc1cnc2c(=O)[nH]ccc2c1.N#Cc1cnc2c(Cl)nccc2c1.N#Cc1ncc(Cl)cc1Br.O=c1[nH]ccc2cc(Cl)cnc12. The van der Waals surface area contributed by atoms with Gasteiger partial charge >= 0.3 is 0 Å². The van der Waals surface area contributed by atoms with Gasteiger partial charge in [-0.05, 0) is 87.7 Å². The smallest absolute Gasteiger partial charge is 0.274 e. The number of carbonyl (C=O) groups is 1.